The van der Waals surface area contributed by atoms with Crippen LogP contribution in [-0.4, -0.2) is 193 Å². The van der Waals surface area contributed by atoms with Crippen molar-refractivity contribution in [3.63, 3.8) is 0 Å². The minimum Gasteiger partial charge on any atom is -0.394 e. The van der Waals surface area contributed by atoms with E-state index in [1.54, 1.807) is 0 Å². The number of unbranched alkanes of at least 4 members (excludes halogenated alkanes) is 31. The molecule has 1 amide bonds. The average molecular weight is 1530 g/mol. The molecule has 19 nitrogen and oxygen atoms in total. The van der Waals surface area contributed by atoms with Gasteiger partial charge in [0.1, 0.15) is 73.2 Å². The predicted molar refractivity (Wildman–Crippen MR) is 433 cm³/mol. The van der Waals surface area contributed by atoms with E-state index in [1.807, 2.05) is 0 Å². The van der Waals surface area contributed by atoms with Gasteiger partial charge in [0.05, 0.1) is 38.6 Å². The van der Waals surface area contributed by atoms with Crippen LogP contribution in [0.15, 0.2) is 122 Å². The molecule has 3 heterocycles. The van der Waals surface area contributed by atoms with Gasteiger partial charge in [-0.05, 0) is 89.9 Å². The van der Waals surface area contributed by atoms with Crippen LogP contribution >= 0.6 is 0 Å². The first kappa shape index (κ1) is 98.4. The fourth-order valence-corrected chi connectivity index (χ4v) is 13.8. The van der Waals surface area contributed by atoms with Gasteiger partial charge in [0.2, 0.25) is 5.91 Å². The number of amides is 1. The lowest BCUT2D eigenvalue weighted by Crippen LogP contribution is -2.66. The number of rotatable bonds is 67. The van der Waals surface area contributed by atoms with E-state index in [2.05, 4.69) is 141 Å². The molecule has 3 fully saturated rings. The van der Waals surface area contributed by atoms with Gasteiger partial charge in [-0.3, -0.25) is 4.79 Å². The first-order chi connectivity index (χ1) is 52.8. The molecule has 622 valence electrons. The van der Waals surface area contributed by atoms with Gasteiger partial charge in [-0.15, -0.1) is 0 Å². The second kappa shape index (κ2) is 67.7. The van der Waals surface area contributed by atoms with E-state index in [0.29, 0.717) is 12.8 Å². The van der Waals surface area contributed by atoms with Gasteiger partial charge in [-0.1, -0.05) is 328 Å². The second-order valence-corrected chi connectivity index (χ2v) is 29.9. The number of aliphatic hydroxyl groups is 11. The lowest BCUT2D eigenvalue weighted by molar-refractivity contribution is -0.379. The number of hydrogen-bond acceptors (Lipinski definition) is 18. The SMILES string of the molecule is CC/C=C\C/C=C\C/C=C\C/C=C\C/C=C\C/C=C\C/C=C\C/C=C\C/C=C\C/C=C\CCCCCCC(=O)NC(COC1OC(CO)C(OC2OC(CO)C(OC3OC(CO)C(O)C(O)C3O)C(O)C2O)C(O)C1O)C(O)CCCCCCCCCCCCCCCCCCCCCCCCCCCCCC. The van der Waals surface area contributed by atoms with Gasteiger partial charge in [-0.25, -0.2) is 0 Å². The van der Waals surface area contributed by atoms with E-state index >= 15 is 0 Å². The summed E-state index contributed by atoms with van der Waals surface area (Å²) in [6, 6.07) is -0.913. The molecule has 3 aliphatic heterocycles. The summed E-state index contributed by atoms with van der Waals surface area (Å²) in [6.45, 7) is 1.69. The van der Waals surface area contributed by atoms with Crippen molar-refractivity contribution in [2.24, 2.45) is 0 Å². The van der Waals surface area contributed by atoms with Gasteiger partial charge in [0.25, 0.3) is 0 Å². The summed E-state index contributed by atoms with van der Waals surface area (Å²) in [7, 11) is 0. The Morgan fingerprint density at radius 2 is 0.639 bits per heavy atom. The number of allylic oxidation sites excluding steroid dienone is 20. The van der Waals surface area contributed by atoms with Gasteiger partial charge in [0.15, 0.2) is 18.9 Å². The van der Waals surface area contributed by atoms with E-state index in [4.69, 9.17) is 28.4 Å². The van der Waals surface area contributed by atoms with Crippen LogP contribution in [0.1, 0.15) is 303 Å². The maximum atomic E-state index is 13.5. The van der Waals surface area contributed by atoms with E-state index in [1.165, 1.54) is 154 Å². The maximum Gasteiger partial charge on any atom is 0.220 e. The van der Waals surface area contributed by atoms with E-state index in [-0.39, 0.29) is 18.9 Å². The molecule has 3 saturated heterocycles. The Balaban J connectivity index is 1.37. The zero-order chi connectivity index (χ0) is 78.1. The largest absolute Gasteiger partial charge is 0.394 e. The summed E-state index contributed by atoms with van der Waals surface area (Å²) in [4.78, 5) is 13.5. The third-order valence-corrected chi connectivity index (χ3v) is 20.6. The molecule has 0 aromatic carbocycles. The molecular formula is C89H153NO18. The molecule has 108 heavy (non-hydrogen) atoms. The summed E-state index contributed by atoms with van der Waals surface area (Å²) in [5, 5.41) is 121. The molecule has 0 saturated carbocycles. The minimum absolute atomic E-state index is 0.229. The lowest BCUT2D eigenvalue weighted by Gasteiger charge is -2.48. The third-order valence-electron chi connectivity index (χ3n) is 20.6. The molecule has 3 aliphatic rings. The number of aliphatic hydroxyl groups excluding tert-OH is 11. The van der Waals surface area contributed by atoms with E-state index in [0.717, 1.165) is 116 Å². The van der Waals surface area contributed by atoms with Gasteiger partial charge in [0, 0.05) is 6.42 Å². The summed E-state index contributed by atoms with van der Waals surface area (Å²) >= 11 is 0. The highest BCUT2D eigenvalue weighted by molar-refractivity contribution is 5.76. The van der Waals surface area contributed by atoms with Crippen LogP contribution < -0.4 is 5.32 Å². The molecule has 17 unspecified atom stereocenters. The summed E-state index contributed by atoms with van der Waals surface area (Å²) in [6.07, 6.45) is 68.5. The molecule has 0 bridgehead atoms. The molecule has 17 atom stereocenters. The van der Waals surface area contributed by atoms with Crippen LogP contribution in [0.2, 0.25) is 0 Å². The normalized spacial score (nSPS) is 26.0. The van der Waals surface area contributed by atoms with Crippen LogP contribution in [-0.2, 0) is 33.2 Å². The Morgan fingerprint density at radius 3 is 1.00 bits per heavy atom. The van der Waals surface area contributed by atoms with Crippen LogP contribution in [0.5, 0.6) is 0 Å². The highest BCUT2D eigenvalue weighted by Crippen LogP contribution is 2.33. The third kappa shape index (κ3) is 46.4. The lowest BCUT2D eigenvalue weighted by atomic mass is 9.96. The van der Waals surface area contributed by atoms with Gasteiger partial charge >= 0.3 is 0 Å². The Labute approximate surface area is 652 Å². The van der Waals surface area contributed by atoms with Crippen molar-refractivity contribution < 1.29 is 89.4 Å². The minimum atomic E-state index is -1.98. The Morgan fingerprint density at radius 1 is 0.343 bits per heavy atom. The molecule has 0 radical (unpaired) electrons. The van der Waals surface area contributed by atoms with Crippen molar-refractivity contribution in [1.29, 1.82) is 0 Å². The molecule has 0 aromatic rings. The smallest absolute Gasteiger partial charge is 0.220 e. The molecule has 3 rings (SSSR count). The second-order valence-electron chi connectivity index (χ2n) is 29.9. The number of nitrogens with one attached hydrogen (secondary N) is 1. The fraction of sp³-hybridized carbons (Fsp3) is 0.764. The first-order valence-electron chi connectivity index (χ1n) is 42.8. The summed E-state index contributed by atoms with van der Waals surface area (Å²) in [5.41, 5.74) is 0. The molecule has 0 aliphatic carbocycles. The molecule has 19 heteroatoms. The number of ether oxygens (including phenoxy) is 6. The van der Waals surface area contributed by atoms with Crippen molar-refractivity contribution in [3.8, 4) is 0 Å². The Hall–Kier alpha value is -3.81. The average Bonchev–Trinajstić information content (AvgIpc) is 0.774. The van der Waals surface area contributed by atoms with Gasteiger partial charge in [-0.2, -0.15) is 0 Å². The van der Waals surface area contributed by atoms with Crippen molar-refractivity contribution in [2.45, 2.75) is 407 Å². The van der Waals surface area contributed by atoms with Crippen molar-refractivity contribution >= 4 is 5.91 Å². The number of carbonyl (C=O) groups excluding carboxylic acids is 1. The van der Waals surface area contributed by atoms with E-state index < -0.39 is 124 Å². The maximum absolute atomic E-state index is 13.5. The predicted octanol–water partition coefficient (Wildman–Crippen LogP) is 15.5. The van der Waals surface area contributed by atoms with Crippen molar-refractivity contribution in [1.82, 2.24) is 5.32 Å². The zero-order valence-electron chi connectivity index (χ0n) is 66.8. The van der Waals surface area contributed by atoms with Crippen LogP contribution in [0, 0.1) is 0 Å². The van der Waals surface area contributed by atoms with Crippen molar-refractivity contribution in [3.05, 3.63) is 122 Å². The van der Waals surface area contributed by atoms with Gasteiger partial charge < -0.3 is 89.9 Å². The Bertz CT molecular complexity index is 2420. The Kier molecular flexibility index (Phi) is 61.6. The molecular weight excluding hydrogens is 1370 g/mol. The fourth-order valence-electron chi connectivity index (χ4n) is 13.8. The first-order valence-corrected chi connectivity index (χ1v) is 42.8. The standard InChI is InChI=1S/C89H153NO18/c1-3-5-7-9-11-13-15-17-19-21-23-25-27-29-31-33-34-35-36-37-38-39-41-43-45-47-49-51-53-55-57-59-61-63-65-67-77(95)90-72(73(94)66-64-62-60-58-56-54-52-50-48-46-44-42-40-32-30-28-26-24-22-20-18-16-14-12-10-8-6-4-2)71-103-87-83(101)80(98)85(75(69-92)105-87)108-89-84(102)81(99)86(76(70-93)106-89)107-88-82(100)79(97)78(96)74(68-91)104-88/h5,7,11,13,17,19,23,25,29,31,34-35,37-38,41,43,47,49,53,55,72-76,78-89,91-94,96-102H,3-4,6,8-10,12,14-16,18,20-22,24,26-28,30,32-33,36,39-40,42,44-46,48,50-52,54,56-71H2,1-2H3,(H,90,95)/b7-5-,13-11-,19-17-,25-23-,31-29-,35-34-,38-37-,43-41-,49-47-,55-53-. The summed E-state index contributed by atoms with van der Waals surface area (Å²) < 4.78 is 34.5. The quantitative estimate of drug-likeness (QED) is 0.0199. The molecule has 0 spiro atoms. The number of hydrogen-bond donors (Lipinski definition) is 12. The summed E-state index contributed by atoms with van der Waals surface area (Å²) in [5.74, 6) is -0.269. The number of carbonyl (C=O) groups is 1. The molecule has 0 aromatic heterocycles. The molecule has 12 N–H and O–H groups in total. The highest BCUT2D eigenvalue weighted by atomic mass is 16.8. The topological polar surface area (TPSA) is 307 Å². The van der Waals surface area contributed by atoms with Crippen LogP contribution in [0.3, 0.4) is 0 Å². The van der Waals surface area contributed by atoms with Crippen LogP contribution in [0.4, 0.5) is 0 Å². The zero-order valence-corrected chi connectivity index (χ0v) is 66.8. The highest BCUT2D eigenvalue weighted by Gasteiger charge is 2.54. The van der Waals surface area contributed by atoms with Crippen molar-refractivity contribution in [2.75, 3.05) is 26.4 Å². The monoisotopic (exact) mass is 1520 g/mol. The van der Waals surface area contributed by atoms with E-state index in [9.17, 15) is 61.0 Å². The van der Waals surface area contributed by atoms with Crippen LogP contribution in [0.25, 0.3) is 0 Å².